The van der Waals surface area contributed by atoms with Crippen molar-refractivity contribution in [1.29, 1.82) is 0 Å². The van der Waals surface area contributed by atoms with Crippen molar-refractivity contribution in [3.63, 3.8) is 0 Å². The average Bonchev–Trinajstić information content (AvgIpc) is 2.41. The van der Waals surface area contributed by atoms with Gasteiger partial charge >= 0.3 is 5.69 Å². The van der Waals surface area contributed by atoms with Crippen LogP contribution in [0.25, 0.3) is 0 Å². The number of hydrogen-bond donors (Lipinski definition) is 0. The van der Waals surface area contributed by atoms with E-state index in [4.69, 9.17) is 4.74 Å². The van der Waals surface area contributed by atoms with E-state index in [2.05, 4.69) is 15.9 Å². The largest absolute Gasteiger partial charge is 0.447 e. The van der Waals surface area contributed by atoms with E-state index >= 15 is 0 Å². The zero-order chi connectivity index (χ0) is 13.8. The van der Waals surface area contributed by atoms with Gasteiger partial charge in [-0.15, -0.1) is 0 Å². The van der Waals surface area contributed by atoms with Crippen molar-refractivity contribution in [2.75, 3.05) is 0 Å². The number of nitro groups is 1. The Morgan fingerprint density at radius 2 is 1.89 bits per heavy atom. The highest BCUT2D eigenvalue weighted by Crippen LogP contribution is 2.33. The molecule has 0 N–H and O–H groups in total. The predicted octanol–water partition coefficient (Wildman–Crippen LogP) is 4.42. The molecule has 0 aromatic heterocycles. The van der Waals surface area contributed by atoms with Crippen molar-refractivity contribution in [1.82, 2.24) is 0 Å². The van der Waals surface area contributed by atoms with Gasteiger partial charge in [0.05, 0.1) is 4.92 Å². The Balaban J connectivity index is 2.34. The normalized spacial score (nSPS) is 10.2. The molecule has 19 heavy (non-hydrogen) atoms. The molecule has 0 fully saturated rings. The number of nitro benzene ring substituents is 1. The van der Waals surface area contributed by atoms with E-state index in [1.54, 1.807) is 24.3 Å². The molecular formula is C13H9BrFNO3. The smallest absolute Gasteiger partial charge is 0.314 e. The minimum absolute atomic E-state index is 0.345. The topological polar surface area (TPSA) is 52.4 Å². The Bertz CT molecular complexity index is 601. The summed E-state index contributed by atoms with van der Waals surface area (Å²) in [5.74, 6) is -0.796. The fourth-order valence-electron chi connectivity index (χ4n) is 1.51. The van der Waals surface area contributed by atoms with Crippen LogP contribution in [0.15, 0.2) is 42.5 Å². The Morgan fingerprint density at radius 1 is 1.21 bits per heavy atom. The molecule has 4 nitrogen and oxygen atoms in total. The standard InChI is InChI=1S/C13H9BrFNO3/c14-8-9-4-6-10(7-5-9)19-13-11(15)2-1-3-12(13)16(17)18/h1-7H,8H2. The number of para-hydroxylation sites is 1. The molecule has 0 saturated carbocycles. The maximum atomic E-state index is 13.6. The maximum Gasteiger partial charge on any atom is 0.314 e. The Labute approximate surface area is 117 Å². The van der Waals surface area contributed by atoms with E-state index in [1.165, 1.54) is 12.1 Å². The second-order valence-electron chi connectivity index (χ2n) is 3.72. The average molecular weight is 326 g/mol. The third-order valence-electron chi connectivity index (χ3n) is 2.44. The zero-order valence-corrected chi connectivity index (χ0v) is 11.3. The number of halogens is 2. The van der Waals surface area contributed by atoms with Gasteiger partial charge in [-0.25, -0.2) is 4.39 Å². The van der Waals surface area contributed by atoms with Crippen LogP contribution in [0, 0.1) is 15.9 Å². The summed E-state index contributed by atoms with van der Waals surface area (Å²) in [5, 5.41) is 11.5. The van der Waals surface area contributed by atoms with E-state index in [-0.39, 0.29) is 5.75 Å². The van der Waals surface area contributed by atoms with Crippen LogP contribution in [0.2, 0.25) is 0 Å². The van der Waals surface area contributed by atoms with Crippen molar-refractivity contribution in [3.8, 4) is 11.5 Å². The summed E-state index contributed by atoms with van der Waals surface area (Å²) in [6, 6.07) is 10.4. The molecule has 2 aromatic carbocycles. The fraction of sp³-hybridized carbons (Fsp3) is 0.0769. The molecule has 0 aliphatic carbocycles. The van der Waals surface area contributed by atoms with Gasteiger partial charge in [0.2, 0.25) is 5.75 Å². The molecular weight excluding hydrogens is 317 g/mol. The maximum absolute atomic E-state index is 13.6. The van der Waals surface area contributed by atoms with Crippen LogP contribution in [-0.2, 0) is 5.33 Å². The monoisotopic (exact) mass is 325 g/mol. The molecule has 0 aliphatic rings. The highest BCUT2D eigenvalue weighted by atomic mass is 79.9. The lowest BCUT2D eigenvalue weighted by Gasteiger charge is -2.07. The van der Waals surface area contributed by atoms with Gasteiger partial charge in [-0.3, -0.25) is 10.1 Å². The Morgan fingerprint density at radius 3 is 2.47 bits per heavy atom. The van der Waals surface area contributed by atoms with Crippen LogP contribution in [0.1, 0.15) is 5.56 Å². The van der Waals surface area contributed by atoms with E-state index in [9.17, 15) is 14.5 Å². The van der Waals surface area contributed by atoms with Crippen LogP contribution in [0.4, 0.5) is 10.1 Å². The van der Waals surface area contributed by atoms with E-state index in [0.29, 0.717) is 11.1 Å². The van der Waals surface area contributed by atoms with Gasteiger partial charge in [-0.05, 0) is 23.8 Å². The van der Waals surface area contributed by atoms with Crippen molar-refractivity contribution < 1.29 is 14.1 Å². The molecule has 0 heterocycles. The molecule has 0 amide bonds. The third-order valence-corrected chi connectivity index (χ3v) is 3.09. The molecule has 98 valence electrons. The number of benzene rings is 2. The van der Waals surface area contributed by atoms with Crippen molar-refractivity contribution in [2.45, 2.75) is 5.33 Å². The number of ether oxygens (including phenoxy) is 1. The minimum atomic E-state index is -0.765. The first-order chi connectivity index (χ1) is 9.11. The summed E-state index contributed by atoms with van der Waals surface area (Å²) >= 11 is 3.30. The van der Waals surface area contributed by atoms with Gasteiger partial charge in [0.1, 0.15) is 5.75 Å². The quantitative estimate of drug-likeness (QED) is 0.475. The van der Waals surface area contributed by atoms with Crippen LogP contribution >= 0.6 is 15.9 Å². The van der Waals surface area contributed by atoms with Crippen LogP contribution in [-0.4, -0.2) is 4.92 Å². The first-order valence-electron chi connectivity index (χ1n) is 5.37. The van der Waals surface area contributed by atoms with Crippen LogP contribution in [0.5, 0.6) is 11.5 Å². The second kappa shape index (κ2) is 5.79. The van der Waals surface area contributed by atoms with E-state index < -0.39 is 16.4 Å². The molecule has 2 aromatic rings. The number of hydrogen-bond acceptors (Lipinski definition) is 3. The lowest BCUT2D eigenvalue weighted by Crippen LogP contribution is -1.96. The first-order valence-corrected chi connectivity index (χ1v) is 6.49. The van der Waals surface area contributed by atoms with Gasteiger partial charge in [-0.2, -0.15) is 0 Å². The molecule has 0 atom stereocenters. The van der Waals surface area contributed by atoms with Crippen molar-refractivity contribution >= 4 is 21.6 Å². The molecule has 0 unspecified atom stereocenters. The molecule has 0 aliphatic heterocycles. The lowest BCUT2D eigenvalue weighted by atomic mass is 10.2. The second-order valence-corrected chi connectivity index (χ2v) is 4.29. The third kappa shape index (κ3) is 3.08. The summed E-state index contributed by atoms with van der Waals surface area (Å²) in [5.41, 5.74) is 0.625. The van der Waals surface area contributed by atoms with Gasteiger partial charge in [0, 0.05) is 11.4 Å². The predicted molar refractivity (Wildman–Crippen MR) is 72.2 cm³/mol. The highest BCUT2D eigenvalue weighted by Gasteiger charge is 2.19. The van der Waals surface area contributed by atoms with Crippen LogP contribution in [0.3, 0.4) is 0 Å². The van der Waals surface area contributed by atoms with E-state index in [0.717, 1.165) is 11.6 Å². The summed E-state index contributed by atoms with van der Waals surface area (Å²) in [6.07, 6.45) is 0. The zero-order valence-electron chi connectivity index (χ0n) is 9.68. The van der Waals surface area contributed by atoms with Crippen molar-refractivity contribution in [3.05, 3.63) is 64.0 Å². The molecule has 0 bridgehead atoms. The van der Waals surface area contributed by atoms with Gasteiger partial charge in [0.25, 0.3) is 0 Å². The Hall–Kier alpha value is -1.95. The van der Waals surface area contributed by atoms with Gasteiger partial charge in [-0.1, -0.05) is 34.1 Å². The van der Waals surface area contributed by atoms with E-state index in [1.807, 2.05) is 0 Å². The lowest BCUT2D eigenvalue weighted by molar-refractivity contribution is -0.385. The molecule has 0 radical (unpaired) electrons. The highest BCUT2D eigenvalue weighted by molar-refractivity contribution is 9.08. The van der Waals surface area contributed by atoms with Crippen LogP contribution < -0.4 is 4.74 Å². The minimum Gasteiger partial charge on any atom is -0.447 e. The number of rotatable bonds is 4. The summed E-state index contributed by atoms with van der Waals surface area (Å²) in [6.45, 7) is 0. The molecule has 2 rings (SSSR count). The summed E-state index contributed by atoms with van der Waals surface area (Å²) in [7, 11) is 0. The van der Waals surface area contributed by atoms with Crippen molar-refractivity contribution in [2.24, 2.45) is 0 Å². The number of alkyl halides is 1. The Kier molecular flexibility index (Phi) is 4.11. The van der Waals surface area contributed by atoms with Gasteiger partial charge < -0.3 is 4.74 Å². The first kappa shape index (κ1) is 13.5. The summed E-state index contributed by atoms with van der Waals surface area (Å²) in [4.78, 5) is 10.1. The SMILES string of the molecule is O=[N+]([O-])c1cccc(F)c1Oc1ccc(CBr)cc1. The summed E-state index contributed by atoms with van der Waals surface area (Å²) < 4.78 is 18.9. The fourth-order valence-corrected chi connectivity index (χ4v) is 1.88. The molecule has 0 spiro atoms. The molecule has 0 saturated heterocycles. The number of nitrogens with zero attached hydrogens (tertiary/aromatic N) is 1. The van der Waals surface area contributed by atoms with Gasteiger partial charge in [0.15, 0.2) is 5.82 Å². The molecule has 6 heteroatoms.